The Hall–Kier alpha value is -1.76. The van der Waals surface area contributed by atoms with E-state index in [-0.39, 0.29) is 18.2 Å². The topological polar surface area (TPSA) is 115 Å². The second-order valence-corrected chi connectivity index (χ2v) is 6.35. The standard InChI is InChI=1S/C11H17N3O3S/c1-18(16,17)6-2-5-14-11(15)9-4-3-8(12)7-10(9)13/h3-4,7H,2,5-6,12-13H2,1H3,(H,14,15). The first-order valence-corrected chi connectivity index (χ1v) is 7.46. The molecule has 0 aliphatic carbocycles. The summed E-state index contributed by atoms with van der Waals surface area (Å²) in [5.41, 5.74) is 12.3. The van der Waals surface area contributed by atoms with Crippen LogP contribution in [0.15, 0.2) is 18.2 Å². The molecule has 0 fully saturated rings. The molecule has 0 unspecified atom stereocenters. The summed E-state index contributed by atoms with van der Waals surface area (Å²) in [6.45, 7) is 0.287. The molecule has 0 aliphatic heterocycles. The maximum Gasteiger partial charge on any atom is 0.253 e. The number of sulfone groups is 1. The maximum atomic E-state index is 11.7. The Labute approximate surface area is 106 Å². The van der Waals surface area contributed by atoms with E-state index in [2.05, 4.69) is 5.32 Å². The van der Waals surface area contributed by atoms with Crippen molar-refractivity contribution >= 4 is 27.1 Å². The van der Waals surface area contributed by atoms with Crippen LogP contribution in [0.25, 0.3) is 0 Å². The molecule has 7 heteroatoms. The summed E-state index contributed by atoms with van der Waals surface area (Å²) in [5.74, 6) is -0.286. The third-order valence-corrected chi connectivity index (χ3v) is 3.33. The van der Waals surface area contributed by atoms with Crippen LogP contribution in [0.3, 0.4) is 0 Å². The number of anilines is 2. The summed E-state index contributed by atoms with van der Waals surface area (Å²) in [5, 5.41) is 2.61. The number of hydrogen-bond acceptors (Lipinski definition) is 5. The van der Waals surface area contributed by atoms with Crippen molar-refractivity contribution in [2.75, 3.05) is 30.0 Å². The van der Waals surface area contributed by atoms with Gasteiger partial charge in [0.1, 0.15) is 9.84 Å². The third-order valence-electron chi connectivity index (χ3n) is 2.30. The van der Waals surface area contributed by atoms with E-state index in [1.807, 2.05) is 0 Å². The summed E-state index contributed by atoms with van der Waals surface area (Å²) in [6.07, 6.45) is 1.53. The van der Waals surface area contributed by atoms with Crippen LogP contribution in [0.5, 0.6) is 0 Å². The molecular weight excluding hydrogens is 254 g/mol. The normalized spacial score (nSPS) is 11.2. The van der Waals surface area contributed by atoms with Gasteiger partial charge in [-0.15, -0.1) is 0 Å². The molecule has 1 rings (SSSR count). The first-order valence-electron chi connectivity index (χ1n) is 5.40. The molecule has 1 aromatic rings. The van der Waals surface area contributed by atoms with Gasteiger partial charge in [-0.3, -0.25) is 4.79 Å². The maximum absolute atomic E-state index is 11.7. The molecule has 0 spiro atoms. The lowest BCUT2D eigenvalue weighted by molar-refractivity contribution is 0.0954. The van der Waals surface area contributed by atoms with Crippen LogP contribution in [-0.4, -0.2) is 32.9 Å². The monoisotopic (exact) mass is 271 g/mol. The molecule has 1 amide bonds. The molecule has 0 radical (unpaired) electrons. The van der Waals surface area contributed by atoms with Gasteiger partial charge in [0.2, 0.25) is 0 Å². The van der Waals surface area contributed by atoms with E-state index in [4.69, 9.17) is 11.5 Å². The fourth-order valence-electron chi connectivity index (χ4n) is 1.42. The van der Waals surface area contributed by atoms with E-state index in [0.29, 0.717) is 23.4 Å². The second kappa shape index (κ2) is 5.72. The van der Waals surface area contributed by atoms with Gasteiger partial charge in [-0.2, -0.15) is 0 Å². The smallest absolute Gasteiger partial charge is 0.253 e. The van der Waals surface area contributed by atoms with Crippen molar-refractivity contribution in [3.05, 3.63) is 23.8 Å². The first kappa shape index (κ1) is 14.3. The quantitative estimate of drug-likeness (QED) is 0.515. The Morgan fingerprint density at radius 1 is 1.33 bits per heavy atom. The minimum Gasteiger partial charge on any atom is -0.399 e. The lowest BCUT2D eigenvalue weighted by atomic mass is 10.1. The highest BCUT2D eigenvalue weighted by Gasteiger charge is 2.09. The molecule has 0 aromatic heterocycles. The Kier molecular flexibility index (Phi) is 4.55. The van der Waals surface area contributed by atoms with Crippen LogP contribution >= 0.6 is 0 Å². The highest BCUT2D eigenvalue weighted by molar-refractivity contribution is 7.90. The van der Waals surface area contributed by atoms with Crippen LogP contribution in [0.2, 0.25) is 0 Å². The highest BCUT2D eigenvalue weighted by atomic mass is 32.2. The van der Waals surface area contributed by atoms with Gasteiger partial charge < -0.3 is 16.8 Å². The minimum atomic E-state index is -2.99. The number of hydrogen-bond donors (Lipinski definition) is 3. The van der Waals surface area contributed by atoms with Crippen LogP contribution < -0.4 is 16.8 Å². The summed E-state index contributed by atoms with van der Waals surface area (Å²) >= 11 is 0. The predicted molar refractivity (Wildman–Crippen MR) is 71.9 cm³/mol. The fourth-order valence-corrected chi connectivity index (χ4v) is 2.09. The zero-order chi connectivity index (χ0) is 13.8. The van der Waals surface area contributed by atoms with Crippen molar-refractivity contribution in [3.63, 3.8) is 0 Å². The Morgan fingerprint density at radius 3 is 2.56 bits per heavy atom. The number of nitrogens with one attached hydrogen (secondary N) is 1. The van der Waals surface area contributed by atoms with Gasteiger partial charge in [-0.25, -0.2) is 8.42 Å². The van der Waals surface area contributed by atoms with E-state index < -0.39 is 9.84 Å². The Morgan fingerprint density at radius 2 is 2.00 bits per heavy atom. The van der Waals surface area contributed by atoms with Gasteiger partial charge in [-0.1, -0.05) is 0 Å². The highest BCUT2D eigenvalue weighted by Crippen LogP contribution is 2.15. The van der Waals surface area contributed by atoms with Crippen LogP contribution in [0.1, 0.15) is 16.8 Å². The summed E-state index contributed by atoms with van der Waals surface area (Å²) in [4.78, 5) is 11.7. The number of nitrogens with two attached hydrogens (primary N) is 2. The van der Waals surface area contributed by atoms with E-state index in [1.54, 1.807) is 6.07 Å². The van der Waals surface area contributed by atoms with Gasteiger partial charge in [0.25, 0.3) is 5.91 Å². The van der Waals surface area contributed by atoms with Crippen molar-refractivity contribution in [3.8, 4) is 0 Å². The molecule has 6 nitrogen and oxygen atoms in total. The lowest BCUT2D eigenvalue weighted by Gasteiger charge is -2.07. The van der Waals surface area contributed by atoms with Gasteiger partial charge in [-0.05, 0) is 24.6 Å². The number of rotatable bonds is 5. The van der Waals surface area contributed by atoms with E-state index in [0.717, 1.165) is 6.26 Å². The minimum absolute atomic E-state index is 0.0461. The van der Waals surface area contributed by atoms with Gasteiger partial charge in [0, 0.05) is 24.2 Å². The molecule has 0 saturated heterocycles. The lowest BCUT2D eigenvalue weighted by Crippen LogP contribution is -2.26. The van der Waals surface area contributed by atoms with Crippen molar-refractivity contribution < 1.29 is 13.2 Å². The van der Waals surface area contributed by atoms with Crippen LogP contribution in [0, 0.1) is 0 Å². The zero-order valence-corrected chi connectivity index (χ0v) is 11.0. The summed E-state index contributed by atoms with van der Waals surface area (Å²) in [6, 6.07) is 4.63. The molecule has 18 heavy (non-hydrogen) atoms. The third kappa shape index (κ3) is 4.62. The van der Waals surface area contributed by atoms with Gasteiger partial charge in [0.05, 0.1) is 11.3 Å². The first-order chi connectivity index (χ1) is 8.29. The molecule has 0 bridgehead atoms. The largest absolute Gasteiger partial charge is 0.399 e. The van der Waals surface area contributed by atoms with E-state index in [1.165, 1.54) is 12.1 Å². The molecule has 5 N–H and O–H groups in total. The second-order valence-electron chi connectivity index (χ2n) is 4.09. The molecule has 100 valence electrons. The molecule has 1 aromatic carbocycles. The predicted octanol–water partition coefficient (Wildman–Crippen LogP) is 0.0155. The number of benzene rings is 1. The molecule has 0 saturated carbocycles. The SMILES string of the molecule is CS(=O)(=O)CCCNC(=O)c1ccc(N)cc1N. The van der Waals surface area contributed by atoms with Crippen molar-refractivity contribution in [2.24, 2.45) is 0 Å². The Balaban J connectivity index is 2.51. The van der Waals surface area contributed by atoms with Crippen molar-refractivity contribution in [2.45, 2.75) is 6.42 Å². The summed E-state index contributed by atoms with van der Waals surface area (Å²) in [7, 11) is -2.99. The van der Waals surface area contributed by atoms with Crippen molar-refractivity contribution in [1.29, 1.82) is 0 Å². The average molecular weight is 271 g/mol. The summed E-state index contributed by atoms with van der Waals surface area (Å²) < 4.78 is 21.8. The Bertz CT molecular complexity index is 540. The molecule has 0 atom stereocenters. The average Bonchev–Trinajstić information content (AvgIpc) is 2.22. The van der Waals surface area contributed by atoms with Crippen LogP contribution in [-0.2, 0) is 9.84 Å². The van der Waals surface area contributed by atoms with E-state index >= 15 is 0 Å². The zero-order valence-electron chi connectivity index (χ0n) is 10.1. The van der Waals surface area contributed by atoms with Crippen LogP contribution in [0.4, 0.5) is 11.4 Å². The number of amides is 1. The number of nitrogen functional groups attached to an aromatic ring is 2. The van der Waals surface area contributed by atoms with Gasteiger partial charge in [0.15, 0.2) is 0 Å². The molecule has 0 aliphatic rings. The number of carbonyl (C=O) groups is 1. The fraction of sp³-hybridized carbons (Fsp3) is 0.364. The van der Waals surface area contributed by atoms with E-state index in [9.17, 15) is 13.2 Å². The van der Waals surface area contributed by atoms with Crippen molar-refractivity contribution in [1.82, 2.24) is 5.32 Å². The number of carbonyl (C=O) groups excluding carboxylic acids is 1. The molecular formula is C11H17N3O3S. The molecule has 0 heterocycles. The van der Waals surface area contributed by atoms with Gasteiger partial charge >= 0.3 is 0 Å².